The molecule has 20 heavy (non-hydrogen) atoms. The lowest BCUT2D eigenvalue weighted by atomic mass is 9.87. The van der Waals surface area contributed by atoms with Crippen molar-refractivity contribution in [3.8, 4) is 0 Å². The molecule has 0 aliphatic heterocycles. The molecule has 0 radical (unpaired) electrons. The van der Waals surface area contributed by atoms with E-state index in [0.29, 0.717) is 23.6 Å². The number of amides is 1. The van der Waals surface area contributed by atoms with Crippen LogP contribution in [0.4, 0.5) is 5.69 Å². The van der Waals surface area contributed by atoms with Gasteiger partial charge in [0, 0.05) is 12.1 Å². The standard InChI is InChI=1S/C16H21NO3/c1-11-9-13(7-8-14(11)16(19)20)17-15(18)10-12-5-3-2-4-6-12/h7-9,12H,2-6,10H2,1H3,(H,17,18)(H,19,20). The first-order valence-corrected chi connectivity index (χ1v) is 7.20. The maximum atomic E-state index is 12.0. The molecule has 1 fully saturated rings. The van der Waals surface area contributed by atoms with E-state index in [4.69, 9.17) is 5.11 Å². The monoisotopic (exact) mass is 275 g/mol. The Kier molecular flexibility index (Phi) is 4.77. The van der Waals surface area contributed by atoms with Crippen LogP contribution in [0.5, 0.6) is 0 Å². The van der Waals surface area contributed by atoms with Crippen LogP contribution in [0, 0.1) is 12.8 Å². The summed E-state index contributed by atoms with van der Waals surface area (Å²) in [5.74, 6) is -0.412. The zero-order valence-corrected chi connectivity index (χ0v) is 11.8. The first kappa shape index (κ1) is 14.6. The lowest BCUT2D eigenvalue weighted by molar-refractivity contribution is -0.117. The molecular weight excluding hydrogens is 254 g/mol. The van der Waals surface area contributed by atoms with Gasteiger partial charge in [-0.2, -0.15) is 0 Å². The van der Waals surface area contributed by atoms with Gasteiger partial charge >= 0.3 is 5.97 Å². The fourth-order valence-electron chi connectivity index (χ4n) is 2.85. The second kappa shape index (κ2) is 6.55. The van der Waals surface area contributed by atoms with Crippen molar-refractivity contribution in [2.24, 2.45) is 5.92 Å². The van der Waals surface area contributed by atoms with Gasteiger partial charge in [-0.3, -0.25) is 4.79 Å². The SMILES string of the molecule is Cc1cc(NC(=O)CC2CCCCC2)ccc1C(=O)O. The molecule has 4 heteroatoms. The van der Waals surface area contributed by atoms with Crippen molar-refractivity contribution in [1.82, 2.24) is 0 Å². The normalized spacial score (nSPS) is 15.8. The number of rotatable bonds is 4. The summed E-state index contributed by atoms with van der Waals surface area (Å²) in [4.78, 5) is 22.9. The molecule has 0 aromatic heterocycles. The predicted molar refractivity (Wildman–Crippen MR) is 78.0 cm³/mol. The van der Waals surface area contributed by atoms with Gasteiger partial charge < -0.3 is 10.4 Å². The number of hydrogen-bond donors (Lipinski definition) is 2. The lowest BCUT2D eigenvalue weighted by Gasteiger charge is -2.20. The Hall–Kier alpha value is -1.84. The van der Waals surface area contributed by atoms with Crippen molar-refractivity contribution in [3.63, 3.8) is 0 Å². The summed E-state index contributed by atoms with van der Waals surface area (Å²) in [6.45, 7) is 1.74. The van der Waals surface area contributed by atoms with Crippen molar-refractivity contribution in [3.05, 3.63) is 29.3 Å². The van der Waals surface area contributed by atoms with E-state index in [1.165, 1.54) is 25.3 Å². The van der Waals surface area contributed by atoms with Gasteiger partial charge in [0.1, 0.15) is 0 Å². The van der Waals surface area contributed by atoms with E-state index < -0.39 is 5.97 Å². The van der Waals surface area contributed by atoms with E-state index in [9.17, 15) is 9.59 Å². The Bertz CT molecular complexity index is 504. The van der Waals surface area contributed by atoms with Crippen LogP contribution in [0.15, 0.2) is 18.2 Å². The molecule has 1 aliphatic rings. The van der Waals surface area contributed by atoms with Crippen molar-refractivity contribution in [2.75, 3.05) is 5.32 Å². The third-order valence-electron chi connectivity index (χ3n) is 3.94. The Morgan fingerprint density at radius 1 is 1.25 bits per heavy atom. The fourth-order valence-corrected chi connectivity index (χ4v) is 2.85. The van der Waals surface area contributed by atoms with Crippen LogP contribution in [0.2, 0.25) is 0 Å². The zero-order valence-electron chi connectivity index (χ0n) is 11.8. The summed E-state index contributed by atoms with van der Waals surface area (Å²) in [5, 5.41) is 11.8. The Morgan fingerprint density at radius 2 is 1.95 bits per heavy atom. The average molecular weight is 275 g/mol. The number of aromatic carboxylic acids is 1. The third kappa shape index (κ3) is 3.83. The van der Waals surface area contributed by atoms with Crippen LogP contribution in [0.25, 0.3) is 0 Å². The summed E-state index contributed by atoms with van der Waals surface area (Å²) < 4.78 is 0. The molecular formula is C16H21NO3. The molecule has 0 atom stereocenters. The highest BCUT2D eigenvalue weighted by Crippen LogP contribution is 2.26. The number of anilines is 1. The molecule has 108 valence electrons. The van der Waals surface area contributed by atoms with Crippen LogP contribution in [0.1, 0.15) is 54.4 Å². The first-order valence-electron chi connectivity index (χ1n) is 7.20. The van der Waals surface area contributed by atoms with E-state index in [2.05, 4.69) is 5.32 Å². The Labute approximate surface area is 119 Å². The number of hydrogen-bond acceptors (Lipinski definition) is 2. The summed E-state index contributed by atoms with van der Waals surface area (Å²) in [5.41, 5.74) is 1.61. The molecule has 2 N–H and O–H groups in total. The van der Waals surface area contributed by atoms with Gasteiger partial charge in [0.15, 0.2) is 0 Å². The maximum absolute atomic E-state index is 12.0. The second-order valence-electron chi connectivity index (χ2n) is 5.59. The van der Waals surface area contributed by atoms with E-state index in [-0.39, 0.29) is 11.5 Å². The van der Waals surface area contributed by atoms with Crippen molar-refractivity contribution in [2.45, 2.75) is 45.4 Å². The van der Waals surface area contributed by atoms with Crippen molar-refractivity contribution in [1.29, 1.82) is 0 Å². The zero-order chi connectivity index (χ0) is 14.5. The fraction of sp³-hybridized carbons (Fsp3) is 0.500. The summed E-state index contributed by atoms with van der Waals surface area (Å²) in [7, 11) is 0. The first-order chi connectivity index (χ1) is 9.56. The molecule has 0 unspecified atom stereocenters. The molecule has 0 spiro atoms. The molecule has 1 saturated carbocycles. The van der Waals surface area contributed by atoms with Crippen molar-refractivity contribution >= 4 is 17.6 Å². The van der Waals surface area contributed by atoms with Gasteiger partial charge in [-0.25, -0.2) is 4.79 Å². The lowest BCUT2D eigenvalue weighted by Crippen LogP contribution is -2.18. The van der Waals surface area contributed by atoms with Gasteiger partial charge in [0.2, 0.25) is 5.91 Å². The maximum Gasteiger partial charge on any atom is 0.335 e. The molecule has 1 aromatic rings. The smallest absolute Gasteiger partial charge is 0.335 e. The molecule has 4 nitrogen and oxygen atoms in total. The van der Waals surface area contributed by atoms with E-state index >= 15 is 0 Å². The second-order valence-corrected chi connectivity index (χ2v) is 5.59. The average Bonchev–Trinajstić information content (AvgIpc) is 2.39. The van der Waals surface area contributed by atoms with Crippen LogP contribution in [-0.4, -0.2) is 17.0 Å². The number of nitrogens with one attached hydrogen (secondary N) is 1. The molecule has 0 heterocycles. The Balaban J connectivity index is 1.93. The molecule has 0 saturated heterocycles. The highest BCUT2D eigenvalue weighted by molar-refractivity contribution is 5.93. The van der Waals surface area contributed by atoms with E-state index in [1.807, 2.05) is 0 Å². The van der Waals surface area contributed by atoms with Gasteiger partial charge in [0.05, 0.1) is 5.56 Å². The van der Waals surface area contributed by atoms with E-state index in [0.717, 1.165) is 12.8 Å². The van der Waals surface area contributed by atoms with Crippen LogP contribution < -0.4 is 5.32 Å². The van der Waals surface area contributed by atoms with Crippen LogP contribution in [-0.2, 0) is 4.79 Å². The highest BCUT2D eigenvalue weighted by atomic mass is 16.4. The third-order valence-corrected chi connectivity index (χ3v) is 3.94. The summed E-state index contributed by atoms with van der Waals surface area (Å²) in [6.07, 6.45) is 6.59. The molecule has 1 aromatic carbocycles. The Morgan fingerprint density at radius 3 is 2.55 bits per heavy atom. The minimum Gasteiger partial charge on any atom is -0.478 e. The topological polar surface area (TPSA) is 66.4 Å². The van der Waals surface area contributed by atoms with Gasteiger partial charge in [-0.05, 0) is 49.4 Å². The highest BCUT2D eigenvalue weighted by Gasteiger charge is 2.17. The number of aryl methyl sites for hydroxylation is 1. The predicted octanol–water partition coefficient (Wildman–Crippen LogP) is 3.60. The minimum absolute atomic E-state index is 0.0272. The van der Waals surface area contributed by atoms with Gasteiger partial charge in [-0.15, -0.1) is 0 Å². The summed E-state index contributed by atoms with van der Waals surface area (Å²) >= 11 is 0. The minimum atomic E-state index is -0.942. The molecule has 0 bridgehead atoms. The largest absolute Gasteiger partial charge is 0.478 e. The number of benzene rings is 1. The van der Waals surface area contributed by atoms with Gasteiger partial charge in [-0.1, -0.05) is 19.3 Å². The number of carbonyl (C=O) groups excluding carboxylic acids is 1. The summed E-state index contributed by atoms with van der Waals surface area (Å²) in [6, 6.07) is 4.89. The number of carboxylic acid groups (broad SMARTS) is 1. The van der Waals surface area contributed by atoms with E-state index in [1.54, 1.807) is 19.1 Å². The van der Waals surface area contributed by atoms with Crippen LogP contribution >= 0.6 is 0 Å². The molecule has 1 aliphatic carbocycles. The number of carbonyl (C=O) groups is 2. The molecule has 1 amide bonds. The quantitative estimate of drug-likeness (QED) is 0.882. The number of carboxylic acids is 1. The van der Waals surface area contributed by atoms with Gasteiger partial charge in [0.25, 0.3) is 0 Å². The van der Waals surface area contributed by atoms with Crippen LogP contribution in [0.3, 0.4) is 0 Å². The van der Waals surface area contributed by atoms with Crippen molar-refractivity contribution < 1.29 is 14.7 Å². The molecule has 2 rings (SSSR count).